The number of carbonyl (C=O) groups is 1. The Balaban J connectivity index is 2.31. The Morgan fingerprint density at radius 2 is 1.86 bits per heavy atom. The Kier molecular flexibility index (Phi) is 2.04. The quantitative estimate of drug-likeness (QED) is 0.732. The van der Waals surface area contributed by atoms with Crippen LogP contribution in [0.1, 0.15) is 6.92 Å². The second-order valence-electron chi connectivity index (χ2n) is 3.15. The summed E-state index contributed by atoms with van der Waals surface area (Å²) in [7, 11) is 0. The third-order valence-electron chi connectivity index (χ3n) is 2.09. The third kappa shape index (κ3) is 1.39. The van der Waals surface area contributed by atoms with Gasteiger partial charge in [-0.15, -0.1) is 0 Å². The highest BCUT2D eigenvalue weighted by molar-refractivity contribution is 5.74. The molecule has 0 aliphatic carbocycles. The molecule has 0 saturated carbocycles. The molecule has 1 aliphatic rings. The van der Waals surface area contributed by atoms with Gasteiger partial charge in [-0.2, -0.15) is 0 Å². The molecule has 0 aromatic heterocycles. The Hall–Kier alpha value is -1.71. The van der Waals surface area contributed by atoms with Gasteiger partial charge in [0.25, 0.3) is 0 Å². The van der Waals surface area contributed by atoms with Gasteiger partial charge < -0.3 is 14.6 Å². The van der Waals surface area contributed by atoms with Crippen molar-refractivity contribution in [1.82, 2.24) is 0 Å². The molecule has 2 unspecified atom stereocenters. The fraction of sp³-hybridized carbons (Fsp3) is 0.300. The fourth-order valence-corrected chi connectivity index (χ4v) is 1.39. The van der Waals surface area contributed by atoms with Gasteiger partial charge in [-0.1, -0.05) is 12.1 Å². The van der Waals surface area contributed by atoms with E-state index in [0.29, 0.717) is 11.5 Å². The Labute approximate surface area is 81.1 Å². The van der Waals surface area contributed by atoms with Gasteiger partial charge in [0.15, 0.2) is 11.5 Å². The zero-order chi connectivity index (χ0) is 10.1. The first-order valence-corrected chi connectivity index (χ1v) is 4.33. The van der Waals surface area contributed by atoms with Gasteiger partial charge in [-0.05, 0) is 19.1 Å². The maximum atomic E-state index is 10.8. The second-order valence-corrected chi connectivity index (χ2v) is 3.15. The number of ether oxygens (including phenoxy) is 2. The van der Waals surface area contributed by atoms with Gasteiger partial charge in [-0.3, -0.25) is 0 Å². The molecular weight excluding hydrogens is 184 g/mol. The standard InChI is InChI=1S/C10H10O4/c1-6-9(10(11)12)14-8-5-3-2-4-7(8)13-6/h2-6,9H,1H3,(H,11,12). The predicted octanol–water partition coefficient (Wildman–Crippen LogP) is 1.30. The predicted molar refractivity (Wildman–Crippen MR) is 48.6 cm³/mol. The van der Waals surface area contributed by atoms with Crippen molar-refractivity contribution >= 4 is 5.97 Å². The first-order chi connectivity index (χ1) is 6.68. The van der Waals surface area contributed by atoms with E-state index in [2.05, 4.69) is 0 Å². The van der Waals surface area contributed by atoms with Gasteiger partial charge in [0.2, 0.25) is 6.10 Å². The molecule has 14 heavy (non-hydrogen) atoms. The number of carboxylic acids is 1. The molecular formula is C10H10O4. The zero-order valence-corrected chi connectivity index (χ0v) is 7.64. The number of hydrogen-bond acceptors (Lipinski definition) is 3. The van der Waals surface area contributed by atoms with Crippen LogP contribution in [0.25, 0.3) is 0 Å². The van der Waals surface area contributed by atoms with Crippen LogP contribution < -0.4 is 9.47 Å². The van der Waals surface area contributed by atoms with Crippen molar-refractivity contribution in [2.45, 2.75) is 19.1 Å². The Morgan fingerprint density at radius 1 is 1.29 bits per heavy atom. The number of hydrogen-bond donors (Lipinski definition) is 1. The molecule has 4 heteroatoms. The Morgan fingerprint density at radius 3 is 2.43 bits per heavy atom. The minimum Gasteiger partial charge on any atom is -0.482 e. The van der Waals surface area contributed by atoms with Crippen molar-refractivity contribution in [1.29, 1.82) is 0 Å². The monoisotopic (exact) mass is 194 g/mol. The van der Waals surface area contributed by atoms with Crippen molar-refractivity contribution in [3.63, 3.8) is 0 Å². The number of rotatable bonds is 1. The van der Waals surface area contributed by atoms with Crippen LogP contribution in [0.15, 0.2) is 24.3 Å². The molecule has 0 fully saturated rings. The minimum absolute atomic E-state index is 0.470. The molecule has 4 nitrogen and oxygen atoms in total. The van der Waals surface area contributed by atoms with Crippen LogP contribution in [0.3, 0.4) is 0 Å². The molecule has 74 valence electrons. The average molecular weight is 194 g/mol. The average Bonchev–Trinajstić information content (AvgIpc) is 2.16. The largest absolute Gasteiger partial charge is 0.482 e. The first kappa shape index (κ1) is 8.87. The molecule has 1 N–H and O–H groups in total. The summed E-state index contributed by atoms with van der Waals surface area (Å²) in [5, 5.41) is 8.83. The van der Waals surface area contributed by atoms with Crippen LogP contribution in [0.5, 0.6) is 11.5 Å². The summed E-state index contributed by atoms with van der Waals surface area (Å²) in [4.78, 5) is 10.8. The lowest BCUT2D eigenvalue weighted by molar-refractivity contribution is -0.150. The van der Waals surface area contributed by atoms with Crippen molar-refractivity contribution in [3.05, 3.63) is 24.3 Å². The first-order valence-electron chi connectivity index (χ1n) is 4.33. The van der Waals surface area contributed by atoms with Crippen LogP contribution in [-0.2, 0) is 4.79 Å². The molecule has 2 atom stereocenters. The van der Waals surface area contributed by atoms with Crippen molar-refractivity contribution in [2.75, 3.05) is 0 Å². The van der Waals surface area contributed by atoms with E-state index in [4.69, 9.17) is 14.6 Å². The van der Waals surface area contributed by atoms with E-state index in [9.17, 15) is 4.79 Å². The Bertz CT molecular complexity index is 361. The lowest BCUT2D eigenvalue weighted by Gasteiger charge is -2.29. The number of aliphatic carboxylic acids is 1. The van der Waals surface area contributed by atoms with E-state index in [1.807, 2.05) is 6.07 Å². The molecule has 0 amide bonds. The van der Waals surface area contributed by atoms with E-state index in [1.165, 1.54) is 0 Å². The highest BCUT2D eigenvalue weighted by Gasteiger charge is 2.33. The topological polar surface area (TPSA) is 55.8 Å². The smallest absolute Gasteiger partial charge is 0.348 e. The molecule has 0 radical (unpaired) electrons. The third-order valence-corrected chi connectivity index (χ3v) is 2.09. The van der Waals surface area contributed by atoms with E-state index in [0.717, 1.165) is 0 Å². The van der Waals surface area contributed by atoms with Gasteiger partial charge in [0.1, 0.15) is 6.10 Å². The molecule has 2 rings (SSSR count). The molecule has 0 spiro atoms. The van der Waals surface area contributed by atoms with Crippen LogP contribution in [0.4, 0.5) is 0 Å². The minimum atomic E-state index is -1.01. The lowest BCUT2D eigenvalue weighted by Crippen LogP contribution is -2.43. The summed E-state index contributed by atoms with van der Waals surface area (Å²) in [6.45, 7) is 1.68. The highest BCUT2D eigenvalue weighted by atomic mass is 16.6. The van der Waals surface area contributed by atoms with E-state index in [-0.39, 0.29) is 0 Å². The summed E-state index contributed by atoms with van der Waals surface area (Å²) < 4.78 is 10.7. The summed E-state index contributed by atoms with van der Waals surface area (Å²) in [5.41, 5.74) is 0. The number of para-hydroxylation sites is 2. The summed E-state index contributed by atoms with van der Waals surface area (Å²) in [6.07, 6.45) is -1.40. The summed E-state index contributed by atoms with van der Waals surface area (Å²) in [5.74, 6) is 0.0718. The van der Waals surface area contributed by atoms with Crippen molar-refractivity contribution < 1.29 is 19.4 Å². The number of benzene rings is 1. The van der Waals surface area contributed by atoms with Gasteiger partial charge >= 0.3 is 5.97 Å². The number of fused-ring (bicyclic) bond motifs is 1. The molecule has 0 saturated heterocycles. The second kappa shape index (κ2) is 3.21. The number of carboxylic acid groups (broad SMARTS) is 1. The van der Waals surface area contributed by atoms with Crippen molar-refractivity contribution in [3.8, 4) is 11.5 Å². The lowest BCUT2D eigenvalue weighted by atomic mass is 10.2. The molecule has 1 aromatic carbocycles. The summed E-state index contributed by atoms with van der Waals surface area (Å²) in [6, 6.07) is 7.04. The van der Waals surface area contributed by atoms with Crippen LogP contribution in [-0.4, -0.2) is 23.3 Å². The zero-order valence-electron chi connectivity index (χ0n) is 7.64. The fourth-order valence-electron chi connectivity index (χ4n) is 1.39. The normalized spacial score (nSPS) is 24.4. The van der Waals surface area contributed by atoms with Crippen LogP contribution in [0, 0.1) is 0 Å². The molecule has 0 bridgehead atoms. The van der Waals surface area contributed by atoms with E-state index < -0.39 is 18.2 Å². The van der Waals surface area contributed by atoms with Crippen LogP contribution >= 0.6 is 0 Å². The van der Waals surface area contributed by atoms with Gasteiger partial charge in [-0.25, -0.2) is 4.79 Å². The van der Waals surface area contributed by atoms with Crippen molar-refractivity contribution in [2.24, 2.45) is 0 Å². The summed E-state index contributed by atoms with van der Waals surface area (Å²) >= 11 is 0. The van der Waals surface area contributed by atoms with E-state index in [1.54, 1.807) is 25.1 Å². The molecule has 1 aliphatic heterocycles. The molecule has 1 heterocycles. The highest BCUT2D eigenvalue weighted by Crippen LogP contribution is 2.33. The maximum Gasteiger partial charge on any atom is 0.348 e. The maximum absolute atomic E-state index is 10.8. The van der Waals surface area contributed by atoms with Gasteiger partial charge in [0, 0.05) is 0 Å². The molecule has 1 aromatic rings. The van der Waals surface area contributed by atoms with Gasteiger partial charge in [0.05, 0.1) is 0 Å². The van der Waals surface area contributed by atoms with Crippen LogP contribution in [0.2, 0.25) is 0 Å². The van der Waals surface area contributed by atoms with E-state index >= 15 is 0 Å². The SMILES string of the molecule is CC1Oc2ccccc2OC1C(=O)O.